The Bertz CT molecular complexity index is 476. The highest BCUT2D eigenvalue weighted by molar-refractivity contribution is 5.96. The standard InChI is InChI=1S/C12H11NO/c1-2-12(14)11-8-7-9-5-3-4-6-10(9)13-11/h3-8H,2H2,1H3. The average Bonchev–Trinajstić information content (AvgIpc) is 2.27. The summed E-state index contributed by atoms with van der Waals surface area (Å²) >= 11 is 0. The molecule has 0 atom stereocenters. The Labute approximate surface area is 82.6 Å². The molecule has 1 aromatic carbocycles. The first kappa shape index (κ1) is 8.88. The topological polar surface area (TPSA) is 30.0 Å². The SMILES string of the molecule is CCC(=O)c1ccc2ccccc2n1. The number of benzene rings is 1. The van der Waals surface area contributed by atoms with Crippen molar-refractivity contribution in [2.24, 2.45) is 0 Å². The lowest BCUT2D eigenvalue weighted by Crippen LogP contribution is -1.99. The number of hydrogen-bond acceptors (Lipinski definition) is 2. The van der Waals surface area contributed by atoms with E-state index in [4.69, 9.17) is 0 Å². The van der Waals surface area contributed by atoms with Gasteiger partial charge < -0.3 is 0 Å². The van der Waals surface area contributed by atoms with Crippen LogP contribution in [-0.2, 0) is 0 Å². The minimum absolute atomic E-state index is 0.0933. The first-order valence-electron chi connectivity index (χ1n) is 4.70. The van der Waals surface area contributed by atoms with Gasteiger partial charge in [-0.25, -0.2) is 4.98 Å². The van der Waals surface area contributed by atoms with Crippen LogP contribution in [0.4, 0.5) is 0 Å². The van der Waals surface area contributed by atoms with Gasteiger partial charge in [-0.3, -0.25) is 4.79 Å². The Balaban J connectivity index is 2.56. The summed E-state index contributed by atoms with van der Waals surface area (Å²) in [6.45, 7) is 1.85. The molecule has 2 aromatic rings. The van der Waals surface area contributed by atoms with Gasteiger partial charge in [0.15, 0.2) is 5.78 Å². The van der Waals surface area contributed by atoms with Crippen molar-refractivity contribution < 1.29 is 4.79 Å². The third-order valence-electron chi connectivity index (χ3n) is 2.21. The smallest absolute Gasteiger partial charge is 0.180 e. The molecule has 0 aliphatic carbocycles. The molecule has 0 fully saturated rings. The molecule has 0 amide bonds. The van der Waals surface area contributed by atoms with Crippen LogP contribution in [-0.4, -0.2) is 10.8 Å². The Morgan fingerprint density at radius 3 is 2.79 bits per heavy atom. The number of carbonyl (C=O) groups is 1. The van der Waals surface area contributed by atoms with Gasteiger partial charge >= 0.3 is 0 Å². The van der Waals surface area contributed by atoms with Crippen molar-refractivity contribution in [3.05, 3.63) is 42.1 Å². The maximum atomic E-state index is 11.4. The van der Waals surface area contributed by atoms with E-state index in [9.17, 15) is 4.79 Å². The van der Waals surface area contributed by atoms with Gasteiger partial charge in [0, 0.05) is 11.8 Å². The molecule has 70 valence electrons. The van der Waals surface area contributed by atoms with Gasteiger partial charge in [0.2, 0.25) is 0 Å². The molecule has 0 saturated carbocycles. The molecule has 0 aliphatic heterocycles. The first-order valence-corrected chi connectivity index (χ1v) is 4.70. The molecule has 14 heavy (non-hydrogen) atoms. The number of fused-ring (bicyclic) bond motifs is 1. The van der Waals surface area contributed by atoms with Crippen molar-refractivity contribution in [1.29, 1.82) is 0 Å². The Hall–Kier alpha value is -1.70. The van der Waals surface area contributed by atoms with Gasteiger partial charge in [-0.2, -0.15) is 0 Å². The number of rotatable bonds is 2. The van der Waals surface area contributed by atoms with Crippen LogP contribution in [0, 0.1) is 0 Å². The molecule has 2 nitrogen and oxygen atoms in total. The largest absolute Gasteiger partial charge is 0.292 e. The fourth-order valence-corrected chi connectivity index (χ4v) is 1.40. The summed E-state index contributed by atoms with van der Waals surface area (Å²) in [5.74, 6) is 0.0933. The third-order valence-corrected chi connectivity index (χ3v) is 2.21. The first-order chi connectivity index (χ1) is 6.81. The van der Waals surface area contributed by atoms with E-state index in [1.54, 1.807) is 6.07 Å². The number of aromatic nitrogens is 1. The van der Waals surface area contributed by atoms with Gasteiger partial charge in [0.25, 0.3) is 0 Å². The zero-order chi connectivity index (χ0) is 9.97. The van der Waals surface area contributed by atoms with Crippen LogP contribution in [0.3, 0.4) is 0 Å². The van der Waals surface area contributed by atoms with E-state index in [-0.39, 0.29) is 5.78 Å². The molecular formula is C12H11NO. The number of nitrogens with zero attached hydrogens (tertiary/aromatic N) is 1. The van der Waals surface area contributed by atoms with Gasteiger partial charge in [0.05, 0.1) is 5.52 Å². The number of hydrogen-bond donors (Lipinski definition) is 0. The second-order valence-electron chi connectivity index (χ2n) is 3.17. The van der Waals surface area contributed by atoms with Gasteiger partial charge in [-0.1, -0.05) is 31.2 Å². The summed E-state index contributed by atoms with van der Waals surface area (Å²) in [6, 6.07) is 11.5. The predicted molar refractivity (Wildman–Crippen MR) is 56.4 cm³/mol. The monoisotopic (exact) mass is 185 g/mol. The Morgan fingerprint density at radius 1 is 1.21 bits per heavy atom. The van der Waals surface area contributed by atoms with E-state index in [2.05, 4.69) is 4.98 Å². The maximum absolute atomic E-state index is 11.4. The molecule has 0 bridgehead atoms. The van der Waals surface area contributed by atoms with Crippen LogP contribution in [0.2, 0.25) is 0 Å². The van der Waals surface area contributed by atoms with Crippen molar-refractivity contribution in [3.63, 3.8) is 0 Å². The molecule has 2 heteroatoms. The molecule has 0 spiro atoms. The van der Waals surface area contributed by atoms with Crippen LogP contribution in [0.25, 0.3) is 10.9 Å². The number of para-hydroxylation sites is 1. The molecule has 0 radical (unpaired) electrons. The maximum Gasteiger partial charge on any atom is 0.180 e. The number of Topliss-reactive ketones (excluding diaryl/α,β-unsaturated/α-hetero) is 1. The van der Waals surface area contributed by atoms with Crippen molar-refractivity contribution in [1.82, 2.24) is 4.98 Å². The van der Waals surface area contributed by atoms with E-state index in [0.29, 0.717) is 12.1 Å². The molecule has 0 saturated heterocycles. The zero-order valence-corrected chi connectivity index (χ0v) is 8.03. The number of ketones is 1. The predicted octanol–water partition coefficient (Wildman–Crippen LogP) is 2.83. The molecular weight excluding hydrogens is 174 g/mol. The Morgan fingerprint density at radius 2 is 2.00 bits per heavy atom. The zero-order valence-electron chi connectivity index (χ0n) is 8.03. The fourth-order valence-electron chi connectivity index (χ4n) is 1.40. The summed E-state index contributed by atoms with van der Waals surface area (Å²) < 4.78 is 0. The lowest BCUT2D eigenvalue weighted by atomic mass is 10.1. The van der Waals surface area contributed by atoms with E-state index in [1.165, 1.54) is 0 Å². The number of carbonyl (C=O) groups excluding carboxylic acids is 1. The van der Waals surface area contributed by atoms with E-state index >= 15 is 0 Å². The summed E-state index contributed by atoms with van der Waals surface area (Å²) in [5.41, 5.74) is 1.44. The van der Waals surface area contributed by atoms with Gasteiger partial charge in [0.1, 0.15) is 5.69 Å². The minimum Gasteiger partial charge on any atom is -0.292 e. The second-order valence-corrected chi connectivity index (χ2v) is 3.17. The van der Waals surface area contributed by atoms with Crippen LogP contribution < -0.4 is 0 Å². The van der Waals surface area contributed by atoms with E-state index < -0.39 is 0 Å². The van der Waals surface area contributed by atoms with Crippen molar-refractivity contribution in [2.75, 3.05) is 0 Å². The molecule has 0 unspecified atom stereocenters. The van der Waals surface area contributed by atoms with Gasteiger partial charge in [-0.05, 0) is 12.1 Å². The molecule has 0 N–H and O–H groups in total. The Kier molecular flexibility index (Phi) is 2.27. The summed E-state index contributed by atoms with van der Waals surface area (Å²) in [4.78, 5) is 15.7. The van der Waals surface area contributed by atoms with Crippen molar-refractivity contribution in [2.45, 2.75) is 13.3 Å². The second kappa shape index (κ2) is 3.58. The van der Waals surface area contributed by atoms with E-state index in [0.717, 1.165) is 10.9 Å². The van der Waals surface area contributed by atoms with Crippen LogP contribution in [0.15, 0.2) is 36.4 Å². The number of pyridine rings is 1. The third kappa shape index (κ3) is 1.51. The fraction of sp³-hybridized carbons (Fsp3) is 0.167. The average molecular weight is 185 g/mol. The van der Waals surface area contributed by atoms with Crippen LogP contribution in [0.5, 0.6) is 0 Å². The van der Waals surface area contributed by atoms with Crippen molar-refractivity contribution in [3.8, 4) is 0 Å². The molecule has 0 aliphatic rings. The lowest BCUT2D eigenvalue weighted by Gasteiger charge is -1.99. The van der Waals surface area contributed by atoms with Crippen LogP contribution in [0.1, 0.15) is 23.8 Å². The summed E-state index contributed by atoms with van der Waals surface area (Å²) in [5, 5.41) is 1.07. The highest BCUT2D eigenvalue weighted by Crippen LogP contribution is 2.12. The molecule has 1 heterocycles. The normalized spacial score (nSPS) is 10.4. The van der Waals surface area contributed by atoms with Crippen molar-refractivity contribution >= 4 is 16.7 Å². The highest BCUT2D eigenvalue weighted by Gasteiger charge is 2.04. The summed E-state index contributed by atoms with van der Waals surface area (Å²) in [7, 11) is 0. The lowest BCUT2D eigenvalue weighted by molar-refractivity contribution is 0.0984. The molecule has 1 aromatic heterocycles. The quantitative estimate of drug-likeness (QED) is 0.673. The molecule has 2 rings (SSSR count). The highest BCUT2D eigenvalue weighted by atomic mass is 16.1. The van der Waals surface area contributed by atoms with E-state index in [1.807, 2.05) is 37.3 Å². The van der Waals surface area contributed by atoms with Gasteiger partial charge in [-0.15, -0.1) is 0 Å². The summed E-state index contributed by atoms with van der Waals surface area (Å²) in [6.07, 6.45) is 0.505. The van der Waals surface area contributed by atoms with Crippen LogP contribution >= 0.6 is 0 Å². The minimum atomic E-state index is 0.0933.